The molecule has 3 unspecified atom stereocenters. The lowest BCUT2D eigenvalue weighted by Gasteiger charge is -2.20. The van der Waals surface area contributed by atoms with Gasteiger partial charge >= 0.3 is 0 Å². The fourth-order valence-electron chi connectivity index (χ4n) is 3.56. The third-order valence-electron chi connectivity index (χ3n) is 4.71. The highest BCUT2D eigenvalue weighted by Gasteiger charge is 2.35. The van der Waals surface area contributed by atoms with Crippen LogP contribution in [0.25, 0.3) is 0 Å². The first-order valence-corrected chi connectivity index (χ1v) is 7.22. The number of nitrogens with one attached hydrogen (secondary N) is 1. The minimum absolute atomic E-state index is 0.205. The lowest BCUT2D eigenvalue weighted by molar-refractivity contribution is -0.385. The van der Waals surface area contributed by atoms with Crippen molar-refractivity contribution in [3.63, 3.8) is 0 Å². The second-order valence-corrected chi connectivity index (χ2v) is 6.13. The Balaban J connectivity index is 1.70. The van der Waals surface area contributed by atoms with Gasteiger partial charge in [0.2, 0.25) is 0 Å². The monoisotopic (exact) mass is 272 g/mol. The van der Waals surface area contributed by atoms with Gasteiger partial charge in [-0.15, -0.1) is 0 Å². The molecule has 0 aromatic heterocycles. The van der Waals surface area contributed by atoms with Crippen LogP contribution in [-0.2, 0) is 0 Å². The Morgan fingerprint density at radius 1 is 1.25 bits per heavy atom. The molecule has 1 saturated carbocycles. The van der Waals surface area contributed by atoms with Crippen LogP contribution in [0, 0.1) is 41.7 Å². The molecule has 0 heterocycles. The molecule has 0 radical (unpaired) electrons. The van der Waals surface area contributed by atoms with Gasteiger partial charge in [-0.25, -0.2) is 0 Å². The number of hydrogen-bond acceptors (Lipinski definition) is 3. The maximum atomic E-state index is 10.9. The van der Waals surface area contributed by atoms with Crippen LogP contribution < -0.4 is 5.32 Å². The van der Waals surface area contributed by atoms with Gasteiger partial charge in [0.25, 0.3) is 5.69 Å². The highest BCUT2D eigenvalue weighted by Crippen LogP contribution is 2.43. The summed E-state index contributed by atoms with van der Waals surface area (Å²) in [4.78, 5) is 10.6. The molecule has 0 aliphatic heterocycles. The molecule has 2 aliphatic carbocycles. The second-order valence-electron chi connectivity index (χ2n) is 6.13. The van der Waals surface area contributed by atoms with E-state index in [0.717, 1.165) is 35.2 Å². The van der Waals surface area contributed by atoms with Crippen molar-refractivity contribution in [2.75, 3.05) is 11.9 Å². The molecule has 1 N–H and O–H groups in total. The van der Waals surface area contributed by atoms with Crippen LogP contribution in [0.1, 0.15) is 24.0 Å². The van der Waals surface area contributed by atoms with Gasteiger partial charge in [-0.2, -0.15) is 0 Å². The zero-order chi connectivity index (χ0) is 14.3. The molecule has 2 aliphatic rings. The van der Waals surface area contributed by atoms with Crippen molar-refractivity contribution in [2.45, 2.75) is 26.7 Å². The number of nitro groups is 1. The molecule has 2 bridgehead atoms. The summed E-state index contributed by atoms with van der Waals surface area (Å²) in [5, 5.41) is 14.4. The van der Waals surface area contributed by atoms with Crippen LogP contribution in [0.3, 0.4) is 0 Å². The molecule has 0 amide bonds. The minimum Gasteiger partial charge on any atom is -0.385 e. The minimum atomic E-state index is -0.313. The summed E-state index contributed by atoms with van der Waals surface area (Å²) in [6.45, 7) is 4.68. The first-order valence-electron chi connectivity index (χ1n) is 7.22. The summed E-state index contributed by atoms with van der Waals surface area (Å²) >= 11 is 0. The number of aryl methyl sites for hydroxylation is 2. The standard InChI is InChI=1S/C16H20N2O2/c1-10-6-16(18(19)20)11(2)5-15(10)17-9-14-8-12-3-4-13(14)7-12/h3-6,12-14,17H,7-9H2,1-2H3. The molecule has 106 valence electrons. The van der Waals surface area contributed by atoms with Crippen molar-refractivity contribution in [1.29, 1.82) is 0 Å². The van der Waals surface area contributed by atoms with Crippen molar-refractivity contribution in [1.82, 2.24) is 0 Å². The van der Waals surface area contributed by atoms with Gasteiger partial charge in [-0.3, -0.25) is 10.1 Å². The summed E-state index contributed by atoms with van der Waals surface area (Å²) in [6.07, 6.45) is 7.29. The van der Waals surface area contributed by atoms with Crippen LogP contribution in [0.15, 0.2) is 24.3 Å². The Bertz CT molecular complexity index is 580. The predicted octanol–water partition coefficient (Wildman–Crippen LogP) is 3.84. The largest absolute Gasteiger partial charge is 0.385 e. The Morgan fingerprint density at radius 3 is 2.65 bits per heavy atom. The molecule has 4 nitrogen and oxygen atoms in total. The average Bonchev–Trinajstić information content (AvgIpc) is 3.01. The van der Waals surface area contributed by atoms with E-state index < -0.39 is 0 Å². The third kappa shape index (κ3) is 2.30. The van der Waals surface area contributed by atoms with E-state index in [2.05, 4.69) is 17.5 Å². The van der Waals surface area contributed by atoms with Crippen molar-refractivity contribution in [3.8, 4) is 0 Å². The highest BCUT2D eigenvalue weighted by molar-refractivity contribution is 5.59. The first-order chi connectivity index (χ1) is 9.54. The summed E-state index contributed by atoms with van der Waals surface area (Å²) in [5.74, 6) is 2.22. The molecule has 1 aromatic carbocycles. The van der Waals surface area contributed by atoms with E-state index in [1.807, 2.05) is 13.0 Å². The van der Waals surface area contributed by atoms with E-state index in [9.17, 15) is 10.1 Å². The number of hydrogen-bond donors (Lipinski definition) is 1. The van der Waals surface area contributed by atoms with Crippen LogP contribution >= 0.6 is 0 Å². The molecule has 1 fully saturated rings. The fourth-order valence-corrected chi connectivity index (χ4v) is 3.56. The highest BCUT2D eigenvalue weighted by atomic mass is 16.6. The number of fused-ring (bicyclic) bond motifs is 2. The number of benzene rings is 1. The van der Waals surface area contributed by atoms with Gasteiger partial charge in [0.05, 0.1) is 4.92 Å². The Labute approximate surface area is 119 Å². The number of nitro benzene ring substituents is 1. The van der Waals surface area contributed by atoms with Crippen LogP contribution in [-0.4, -0.2) is 11.5 Å². The van der Waals surface area contributed by atoms with Gasteiger partial charge in [0.1, 0.15) is 0 Å². The van der Waals surface area contributed by atoms with Gasteiger partial charge in [-0.05, 0) is 56.1 Å². The summed E-state index contributed by atoms with van der Waals surface area (Å²) in [6, 6.07) is 3.56. The van der Waals surface area contributed by atoms with E-state index in [-0.39, 0.29) is 10.6 Å². The maximum absolute atomic E-state index is 10.9. The van der Waals surface area contributed by atoms with E-state index >= 15 is 0 Å². The van der Waals surface area contributed by atoms with Crippen LogP contribution in [0.4, 0.5) is 11.4 Å². The van der Waals surface area contributed by atoms with Crippen LogP contribution in [0.2, 0.25) is 0 Å². The van der Waals surface area contributed by atoms with E-state index in [1.165, 1.54) is 12.8 Å². The van der Waals surface area contributed by atoms with Crippen molar-refractivity contribution in [2.24, 2.45) is 17.8 Å². The van der Waals surface area contributed by atoms with E-state index in [4.69, 9.17) is 0 Å². The molecule has 4 heteroatoms. The topological polar surface area (TPSA) is 55.2 Å². The second kappa shape index (κ2) is 4.93. The molecule has 1 aromatic rings. The number of rotatable bonds is 4. The molecule has 0 spiro atoms. The Morgan fingerprint density at radius 2 is 2.05 bits per heavy atom. The zero-order valence-corrected chi connectivity index (χ0v) is 11.9. The summed E-state index contributed by atoms with van der Waals surface area (Å²) < 4.78 is 0. The number of allylic oxidation sites excluding steroid dienone is 2. The zero-order valence-electron chi connectivity index (χ0n) is 11.9. The first kappa shape index (κ1) is 13.2. The Kier molecular flexibility index (Phi) is 3.24. The van der Waals surface area contributed by atoms with Crippen molar-refractivity contribution >= 4 is 11.4 Å². The Hall–Kier alpha value is -1.84. The van der Waals surface area contributed by atoms with Crippen LogP contribution in [0.5, 0.6) is 0 Å². The molecular formula is C16H20N2O2. The molecule has 20 heavy (non-hydrogen) atoms. The van der Waals surface area contributed by atoms with Crippen molar-refractivity contribution < 1.29 is 4.92 Å². The third-order valence-corrected chi connectivity index (χ3v) is 4.71. The summed E-state index contributed by atoms with van der Waals surface area (Å²) in [5.41, 5.74) is 2.90. The smallest absolute Gasteiger partial charge is 0.272 e. The van der Waals surface area contributed by atoms with Gasteiger partial charge in [0.15, 0.2) is 0 Å². The molecule has 3 rings (SSSR count). The quantitative estimate of drug-likeness (QED) is 0.515. The lowest BCUT2D eigenvalue weighted by Crippen LogP contribution is -2.18. The van der Waals surface area contributed by atoms with Gasteiger partial charge in [-0.1, -0.05) is 12.2 Å². The molecular weight excluding hydrogens is 252 g/mol. The number of nitrogens with zero attached hydrogens (tertiary/aromatic N) is 1. The fraction of sp³-hybridized carbons (Fsp3) is 0.500. The molecule has 0 saturated heterocycles. The molecule has 3 atom stereocenters. The lowest BCUT2D eigenvalue weighted by atomic mass is 9.93. The normalized spacial score (nSPS) is 27.0. The van der Waals surface area contributed by atoms with Gasteiger partial charge in [0, 0.05) is 23.9 Å². The maximum Gasteiger partial charge on any atom is 0.272 e. The predicted molar refractivity (Wildman–Crippen MR) is 79.9 cm³/mol. The van der Waals surface area contributed by atoms with Crippen molar-refractivity contribution in [3.05, 3.63) is 45.5 Å². The number of anilines is 1. The average molecular weight is 272 g/mol. The van der Waals surface area contributed by atoms with Gasteiger partial charge < -0.3 is 5.32 Å². The van der Waals surface area contributed by atoms with E-state index in [1.54, 1.807) is 13.0 Å². The van der Waals surface area contributed by atoms with E-state index in [0.29, 0.717) is 5.92 Å². The summed E-state index contributed by atoms with van der Waals surface area (Å²) in [7, 11) is 0. The SMILES string of the molecule is Cc1cc([N+](=O)[O-])c(C)cc1NCC1CC2C=CC1C2.